The molecule has 1 aliphatic carbocycles. The summed E-state index contributed by atoms with van der Waals surface area (Å²) in [6.07, 6.45) is 3.98. The third kappa shape index (κ3) is 4.22. The van der Waals surface area contributed by atoms with E-state index >= 15 is 0 Å². The maximum absolute atomic E-state index is 12.3. The molecule has 0 bridgehead atoms. The molecule has 0 radical (unpaired) electrons. The zero-order valence-electron chi connectivity index (χ0n) is 15.0. The van der Waals surface area contributed by atoms with Crippen LogP contribution in [0.5, 0.6) is 0 Å². The van der Waals surface area contributed by atoms with Crippen LogP contribution in [0.4, 0.5) is 16.2 Å². The van der Waals surface area contributed by atoms with Gasteiger partial charge in [0, 0.05) is 17.2 Å². The van der Waals surface area contributed by atoms with E-state index in [1.807, 2.05) is 0 Å². The highest BCUT2D eigenvalue weighted by molar-refractivity contribution is 6.42. The standard InChI is InChI=1S/C19H20Cl2N2O4/c1-3-6-19(7-8-19)15-10-14(16(27-15)17(24)26-2)23-18(25)22-11-4-5-12(20)13(21)9-11/h4-5,9-10H,3,6-8H2,1-2H3,(H2,22,23,25). The van der Waals surface area contributed by atoms with E-state index in [4.69, 9.17) is 32.4 Å². The molecule has 1 aliphatic rings. The fraction of sp³-hybridized carbons (Fsp3) is 0.368. The molecule has 1 saturated carbocycles. The molecular formula is C19H20Cl2N2O4. The highest BCUT2D eigenvalue weighted by Gasteiger charge is 2.47. The number of hydrogen-bond donors (Lipinski definition) is 2. The number of anilines is 2. The molecule has 0 atom stereocenters. The number of amides is 2. The van der Waals surface area contributed by atoms with Gasteiger partial charge in [0.1, 0.15) is 5.76 Å². The molecule has 144 valence electrons. The molecule has 27 heavy (non-hydrogen) atoms. The number of nitrogens with one attached hydrogen (secondary N) is 2. The predicted molar refractivity (Wildman–Crippen MR) is 105 cm³/mol. The van der Waals surface area contributed by atoms with Crippen molar-refractivity contribution in [2.24, 2.45) is 0 Å². The molecule has 2 amide bonds. The summed E-state index contributed by atoms with van der Waals surface area (Å²) in [6.45, 7) is 2.11. The van der Waals surface area contributed by atoms with Gasteiger partial charge in [0.25, 0.3) is 0 Å². The highest BCUT2D eigenvalue weighted by Crippen LogP contribution is 2.53. The van der Waals surface area contributed by atoms with Crippen molar-refractivity contribution < 1.29 is 18.7 Å². The van der Waals surface area contributed by atoms with Crippen molar-refractivity contribution in [1.82, 2.24) is 0 Å². The Hall–Kier alpha value is -2.18. The van der Waals surface area contributed by atoms with E-state index in [1.54, 1.807) is 18.2 Å². The SMILES string of the molecule is CCCC1(c2cc(NC(=O)Nc3ccc(Cl)c(Cl)c3)c(C(=O)OC)o2)CC1. The second-order valence-electron chi connectivity index (χ2n) is 6.58. The number of urea groups is 1. The molecule has 2 aromatic rings. The fourth-order valence-electron chi connectivity index (χ4n) is 3.10. The van der Waals surface area contributed by atoms with Crippen molar-refractivity contribution in [1.29, 1.82) is 0 Å². The van der Waals surface area contributed by atoms with Crippen LogP contribution in [0.3, 0.4) is 0 Å². The van der Waals surface area contributed by atoms with Gasteiger partial charge in [-0.2, -0.15) is 0 Å². The molecule has 0 saturated heterocycles. The molecule has 1 fully saturated rings. The monoisotopic (exact) mass is 410 g/mol. The second kappa shape index (κ2) is 7.82. The first-order valence-electron chi connectivity index (χ1n) is 8.64. The molecule has 3 rings (SSSR count). The Bertz CT molecular complexity index is 875. The van der Waals surface area contributed by atoms with Crippen LogP contribution in [0.1, 0.15) is 48.9 Å². The van der Waals surface area contributed by atoms with Crippen LogP contribution in [-0.2, 0) is 10.2 Å². The Labute approximate surface area is 167 Å². The van der Waals surface area contributed by atoms with Gasteiger partial charge in [-0.3, -0.25) is 0 Å². The second-order valence-corrected chi connectivity index (χ2v) is 7.40. The van der Waals surface area contributed by atoms with E-state index < -0.39 is 12.0 Å². The van der Waals surface area contributed by atoms with Crippen LogP contribution in [-0.4, -0.2) is 19.1 Å². The summed E-state index contributed by atoms with van der Waals surface area (Å²) in [5.41, 5.74) is 0.698. The lowest BCUT2D eigenvalue weighted by Gasteiger charge is -2.09. The van der Waals surface area contributed by atoms with Crippen molar-refractivity contribution in [3.8, 4) is 0 Å². The van der Waals surface area contributed by atoms with E-state index in [0.29, 0.717) is 21.5 Å². The average Bonchev–Trinajstić information content (AvgIpc) is 3.29. The summed E-state index contributed by atoms with van der Waals surface area (Å²) in [6, 6.07) is 5.91. The fourth-order valence-corrected chi connectivity index (χ4v) is 3.40. The molecule has 8 heteroatoms. The molecule has 1 heterocycles. The first kappa shape index (κ1) is 19.6. The van der Waals surface area contributed by atoms with Gasteiger partial charge in [0.15, 0.2) is 0 Å². The van der Waals surface area contributed by atoms with Crippen LogP contribution in [0.15, 0.2) is 28.7 Å². The lowest BCUT2D eigenvalue weighted by molar-refractivity contribution is 0.0563. The molecule has 6 nitrogen and oxygen atoms in total. The first-order valence-corrected chi connectivity index (χ1v) is 9.40. The van der Waals surface area contributed by atoms with Crippen LogP contribution in [0, 0.1) is 0 Å². The van der Waals surface area contributed by atoms with Crippen molar-refractivity contribution >= 4 is 46.6 Å². The van der Waals surface area contributed by atoms with Crippen LogP contribution in [0.2, 0.25) is 10.0 Å². The van der Waals surface area contributed by atoms with Crippen molar-refractivity contribution in [2.75, 3.05) is 17.7 Å². The minimum atomic E-state index is -0.640. The lowest BCUT2D eigenvalue weighted by Crippen LogP contribution is -2.20. The maximum atomic E-state index is 12.3. The molecule has 0 aliphatic heterocycles. The largest absolute Gasteiger partial charge is 0.463 e. The minimum Gasteiger partial charge on any atom is -0.463 e. The molecule has 1 aromatic heterocycles. The molecular weight excluding hydrogens is 391 g/mol. The van der Waals surface area contributed by atoms with Crippen LogP contribution >= 0.6 is 23.2 Å². The third-order valence-corrected chi connectivity index (χ3v) is 5.37. The highest BCUT2D eigenvalue weighted by atomic mass is 35.5. The van der Waals surface area contributed by atoms with E-state index in [0.717, 1.165) is 25.7 Å². The number of halogens is 2. The number of esters is 1. The van der Waals surface area contributed by atoms with Crippen molar-refractivity contribution in [2.45, 2.75) is 38.0 Å². The van der Waals surface area contributed by atoms with Gasteiger partial charge in [-0.05, 0) is 37.5 Å². The number of carbonyl (C=O) groups is 2. The van der Waals surface area contributed by atoms with E-state index in [9.17, 15) is 9.59 Å². The Kier molecular flexibility index (Phi) is 5.67. The van der Waals surface area contributed by atoms with Crippen LogP contribution in [0.25, 0.3) is 0 Å². The Morgan fingerprint density at radius 3 is 2.52 bits per heavy atom. The molecule has 2 N–H and O–H groups in total. The zero-order valence-corrected chi connectivity index (χ0v) is 16.5. The normalized spacial score (nSPS) is 14.5. The number of furan rings is 1. The van der Waals surface area contributed by atoms with Gasteiger partial charge in [-0.1, -0.05) is 36.5 Å². The average molecular weight is 411 g/mol. The smallest absolute Gasteiger partial charge is 0.376 e. The zero-order chi connectivity index (χ0) is 19.6. The van der Waals surface area contributed by atoms with Gasteiger partial charge < -0.3 is 19.8 Å². The summed E-state index contributed by atoms with van der Waals surface area (Å²) in [5, 5.41) is 6.01. The number of carbonyl (C=O) groups excluding carboxylic acids is 2. The minimum absolute atomic E-state index is 0.0147. The summed E-state index contributed by atoms with van der Waals surface area (Å²) in [4.78, 5) is 24.4. The first-order chi connectivity index (χ1) is 12.9. The summed E-state index contributed by atoms with van der Waals surface area (Å²) < 4.78 is 10.6. The summed E-state index contributed by atoms with van der Waals surface area (Å²) in [7, 11) is 1.27. The van der Waals surface area contributed by atoms with Gasteiger partial charge in [-0.15, -0.1) is 0 Å². The van der Waals surface area contributed by atoms with E-state index in [2.05, 4.69) is 17.6 Å². The number of benzene rings is 1. The van der Waals surface area contributed by atoms with Gasteiger partial charge in [-0.25, -0.2) is 9.59 Å². The number of methoxy groups -OCH3 is 1. The number of rotatable bonds is 6. The maximum Gasteiger partial charge on any atom is 0.376 e. The van der Waals surface area contributed by atoms with Gasteiger partial charge in [0.05, 0.1) is 22.8 Å². The van der Waals surface area contributed by atoms with Crippen molar-refractivity contribution in [3.05, 3.63) is 45.8 Å². The Morgan fingerprint density at radius 2 is 1.93 bits per heavy atom. The quantitative estimate of drug-likeness (QED) is 0.585. The van der Waals surface area contributed by atoms with Crippen LogP contribution < -0.4 is 10.6 Å². The van der Waals surface area contributed by atoms with Gasteiger partial charge >= 0.3 is 12.0 Å². The Balaban J connectivity index is 1.80. The third-order valence-electron chi connectivity index (χ3n) is 4.63. The van der Waals surface area contributed by atoms with Crippen molar-refractivity contribution in [3.63, 3.8) is 0 Å². The summed E-state index contributed by atoms with van der Waals surface area (Å²) in [5.74, 6) is 0.0483. The number of ether oxygens (including phenoxy) is 1. The van der Waals surface area contributed by atoms with E-state index in [1.165, 1.54) is 13.2 Å². The molecule has 0 unspecified atom stereocenters. The lowest BCUT2D eigenvalue weighted by atomic mass is 9.98. The van der Waals surface area contributed by atoms with E-state index in [-0.39, 0.29) is 16.9 Å². The number of hydrogen-bond acceptors (Lipinski definition) is 4. The topological polar surface area (TPSA) is 80.6 Å². The molecule has 0 spiro atoms. The predicted octanol–water partition coefficient (Wildman–Crippen LogP) is 5.85. The van der Waals surface area contributed by atoms with Gasteiger partial charge in [0.2, 0.25) is 5.76 Å². The summed E-state index contributed by atoms with van der Waals surface area (Å²) >= 11 is 11.8. The molecule has 1 aromatic carbocycles. The Morgan fingerprint density at radius 1 is 1.19 bits per heavy atom.